The summed E-state index contributed by atoms with van der Waals surface area (Å²) in [6.07, 6.45) is -5.78. The van der Waals surface area contributed by atoms with Crippen molar-refractivity contribution in [1.29, 1.82) is 0 Å². The van der Waals surface area contributed by atoms with Crippen LogP contribution in [-0.2, 0) is 14.3 Å². The monoisotopic (exact) mass is 271 g/mol. The number of carbonyl (C=O) groups excluding carboxylic acids is 2. The van der Waals surface area contributed by atoms with Crippen molar-refractivity contribution in [2.75, 3.05) is 13.2 Å². The van der Waals surface area contributed by atoms with Crippen LogP contribution in [0, 0.1) is 0 Å². The van der Waals surface area contributed by atoms with Crippen molar-refractivity contribution >= 4 is 12.1 Å². The Kier molecular flexibility index (Phi) is 5.93. The van der Waals surface area contributed by atoms with E-state index in [0.29, 0.717) is 0 Å². The molecule has 1 amide bonds. The summed E-state index contributed by atoms with van der Waals surface area (Å²) in [5.41, 5.74) is -0.727. The number of halogens is 3. The molecular weight excluding hydrogens is 255 g/mol. The van der Waals surface area contributed by atoms with E-state index in [1.54, 1.807) is 26.1 Å². The maximum Gasteiger partial charge on any atom is 0.508 e. The average Bonchev–Trinajstić information content (AvgIpc) is 2.10. The van der Waals surface area contributed by atoms with E-state index in [9.17, 15) is 22.8 Å². The summed E-state index contributed by atoms with van der Waals surface area (Å²) in [7, 11) is 0. The van der Waals surface area contributed by atoms with Gasteiger partial charge in [-0.05, 0) is 20.8 Å². The Morgan fingerprint density at radius 2 is 1.72 bits per heavy atom. The summed E-state index contributed by atoms with van der Waals surface area (Å²) >= 11 is 0. The zero-order valence-electron chi connectivity index (χ0n) is 10.4. The predicted molar refractivity (Wildman–Crippen MR) is 55.9 cm³/mol. The van der Waals surface area contributed by atoms with Crippen LogP contribution in [0.4, 0.5) is 18.0 Å². The molecule has 0 bridgehead atoms. The summed E-state index contributed by atoms with van der Waals surface area (Å²) in [5.74, 6) is -0.851. The Bertz CT molecular complexity index is 296. The predicted octanol–water partition coefficient (Wildman–Crippen LogP) is 2.01. The molecule has 0 aliphatic heterocycles. The number of nitrogens with one attached hydrogen (secondary N) is 1. The van der Waals surface area contributed by atoms with Crippen LogP contribution < -0.4 is 5.32 Å². The zero-order chi connectivity index (χ0) is 14.4. The fraction of sp³-hybridized carbons (Fsp3) is 0.800. The first kappa shape index (κ1) is 16.5. The minimum absolute atomic E-state index is 0.335. The Labute approximate surface area is 103 Å². The fourth-order valence-electron chi connectivity index (χ4n) is 0.794. The summed E-state index contributed by atoms with van der Waals surface area (Å²) in [5, 5.41) is 1.65. The zero-order valence-corrected chi connectivity index (χ0v) is 10.4. The van der Waals surface area contributed by atoms with E-state index >= 15 is 0 Å². The van der Waals surface area contributed by atoms with Crippen molar-refractivity contribution < 1.29 is 32.2 Å². The number of amides is 1. The number of hydrogen-bond donors (Lipinski definition) is 1. The molecule has 1 N–H and O–H groups in total. The molecule has 0 atom stereocenters. The van der Waals surface area contributed by atoms with Gasteiger partial charge in [-0.3, -0.25) is 4.79 Å². The molecule has 0 aliphatic carbocycles. The van der Waals surface area contributed by atoms with Crippen molar-refractivity contribution in [3.8, 4) is 0 Å². The lowest BCUT2D eigenvalue weighted by atomic mass is 10.2. The molecule has 8 heteroatoms. The number of alkyl halides is 3. The standard InChI is InChI=1S/C10H16F3NO4/c1-9(2,3)18-8(16)17-5-4-7(15)14-6-10(11,12)13/h4-6H2,1-3H3,(H,14,15). The highest BCUT2D eigenvalue weighted by atomic mass is 19.4. The quantitative estimate of drug-likeness (QED) is 0.794. The Morgan fingerprint density at radius 3 is 2.17 bits per heavy atom. The third kappa shape index (κ3) is 11.0. The number of hydrogen-bond acceptors (Lipinski definition) is 4. The van der Waals surface area contributed by atoms with E-state index in [4.69, 9.17) is 4.74 Å². The second kappa shape index (κ2) is 6.46. The molecule has 0 rings (SSSR count). The number of carbonyl (C=O) groups is 2. The Balaban J connectivity index is 3.72. The van der Waals surface area contributed by atoms with Crippen LogP contribution in [-0.4, -0.2) is 37.0 Å². The first-order chi connectivity index (χ1) is 7.99. The van der Waals surface area contributed by atoms with Gasteiger partial charge in [-0.15, -0.1) is 0 Å². The molecule has 0 aromatic heterocycles. The minimum atomic E-state index is -4.46. The molecule has 18 heavy (non-hydrogen) atoms. The highest BCUT2D eigenvalue weighted by molar-refractivity contribution is 5.76. The van der Waals surface area contributed by atoms with E-state index in [1.165, 1.54) is 0 Å². The smallest absolute Gasteiger partial charge is 0.434 e. The van der Waals surface area contributed by atoms with Crippen LogP contribution in [0.3, 0.4) is 0 Å². The molecule has 0 aromatic carbocycles. The SMILES string of the molecule is CC(C)(C)OC(=O)OCCC(=O)NCC(F)(F)F. The topological polar surface area (TPSA) is 64.6 Å². The van der Waals surface area contributed by atoms with Crippen LogP contribution in [0.5, 0.6) is 0 Å². The van der Waals surface area contributed by atoms with Gasteiger partial charge in [0.2, 0.25) is 5.91 Å². The van der Waals surface area contributed by atoms with Crippen LogP contribution in [0.2, 0.25) is 0 Å². The van der Waals surface area contributed by atoms with Gasteiger partial charge >= 0.3 is 12.3 Å². The van der Waals surface area contributed by atoms with E-state index < -0.39 is 30.4 Å². The van der Waals surface area contributed by atoms with Crippen molar-refractivity contribution in [1.82, 2.24) is 5.32 Å². The van der Waals surface area contributed by atoms with Crippen molar-refractivity contribution in [2.45, 2.75) is 39.0 Å². The molecule has 0 heterocycles. The maximum absolute atomic E-state index is 11.7. The number of rotatable bonds is 4. The molecule has 0 saturated carbocycles. The largest absolute Gasteiger partial charge is 0.508 e. The van der Waals surface area contributed by atoms with Crippen molar-refractivity contribution in [3.05, 3.63) is 0 Å². The van der Waals surface area contributed by atoms with E-state index in [1.807, 2.05) is 0 Å². The van der Waals surface area contributed by atoms with Crippen molar-refractivity contribution in [3.63, 3.8) is 0 Å². The van der Waals surface area contributed by atoms with Gasteiger partial charge in [-0.2, -0.15) is 13.2 Å². The molecule has 0 spiro atoms. The summed E-state index contributed by atoms with van der Waals surface area (Å²) in [6.45, 7) is 3.15. The van der Waals surface area contributed by atoms with E-state index in [2.05, 4.69) is 4.74 Å². The summed E-state index contributed by atoms with van der Waals surface area (Å²) < 4.78 is 44.5. The van der Waals surface area contributed by atoms with Crippen LogP contribution >= 0.6 is 0 Å². The fourth-order valence-corrected chi connectivity index (χ4v) is 0.794. The van der Waals surface area contributed by atoms with Crippen LogP contribution in [0.25, 0.3) is 0 Å². The lowest BCUT2D eigenvalue weighted by Gasteiger charge is -2.18. The van der Waals surface area contributed by atoms with Gasteiger partial charge in [-0.25, -0.2) is 4.79 Å². The van der Waals surface area contributed by atoms with Gasteiger partial charge < -0.3 is 14.8 Å². The van der Waals surface area contributed by atoms with Gasteiger partial charge in [0.05, 0.1) is 6.42 Å². The molecule has 0 aliphatic rings. The highest BCUT2D eigenvalue weighted by Gasteiger charge is 2.27. The lowest BCUT2D eigenvalue weighted by Crippen LogP contribution is -2.34. The number of ether oxygens (including phenoxy) is 2. The molecule has 5 nitrogen and oxygen atoms in total. The summed E-state index contributed by atoms with van der Waals surface area (Å²) in [4.78, 5) is 21.9. The molecule has 0 radical (unpaired) electrons. The molecule has 0 saturated heterocycles. The third-order valence-corrected chi connectivity index (χ3v) is 1.42. The van der Waals surface area contributed by atoms with Gasteiger partial charge in [0.15, 0.2) is 0 Å². The second-order valence-electron chi connectivity index (χ2n) is 4.45. The molecule has 106 valence electrons. The van der Waals surface area contributed by atoms with Crippen LogP contribution in [0.15, 0.2) is 0 Å². The highest BCUT2D eigenvalue weighted by Crippen LogP contribution is 2.12. The normalized spacial score (nSPS) is 11.9. The van der Waals surface area contributed by atoms with Gasteiger partial charge in [0, 0.05) is 0 Å². The minimum Gasteiger partial charge on any atom is -0.434 e. The average molecular weight is 271 g/mol. The van der Waals surface area contributed by atoms with Gasteiger partial charge in [0.1, 0.15) is 18.8 Å². The van der Waals surface area contributed by atoms with Crippen molar-refractivity contribution in [2.24, 2.45) is 0 Å². The lowest BCUT2D eigenvalue weighted by molar-refractivity contribution is -0.138. The second-order valence-corrected chi connectivity index (χ2v) is 4.45. The van der Waals surface area contributed by atoms with Crippen LogP contribution in [0.1, 0.15) is 27.2 Å². The van der Waals surface area contributed by atoms with E-state index in [-0.39, 0.29) is 13.0 Å². The molecule has 0 aromatic rings. The summed E-state index contributed by atoms with van der Waals surface area (Å²) in [6, 6.07) is 0. The van der Waals surface area contributed by atoms with Gasteiger partial charge in [0.25, 0.3) is 0 Å². The Morgan fingerprint density at radius 1 is 1.17 bits per heavy atom. The molecular formula is C10H16F3NO4. The first-order valence-electron chi connectivity index (χ1n) is 5.19. The third-order valence-electron chi connectivity index (χ3n) is 1.42. The Hall–Kier alpha value is -1.47. The first-order valence-corrected chi connectivity index (χ1v) is 5.19. The maximum atomic E-state index is 11.7. The van der Waals surface area contributed by atoms with E-state index in [0.717, 1.165) is 0 Å². The van der Waals surface area contributed by atoms with Gasteiger partial charge in [-0.1, -0.05) is 0 Å². The molecule has 0 fully saturated rings. The molecule has 0 unspecified atom stereocenters.